The lowest BCUT2D eigenvalue weighted by Crippen LogP contribution is -2.39. The summed E-state index contributed by atoms with van der Waals surface area (Å²) in [6.07, 6.45) is 5.99. The Morgan fingerprint density at radius 2 is 1.93 bits per heavy atom. The van der Waals surface area contributed by atoms with Gasteiger partial charge in [0.15, 0.2) is 0 Å². The fourth-order valence-corrected chi connectivity index (χ4v) is 2.24. The van der Waals surface area contributed by atoms with Crippen molar-refractivity contribution >= 4 is 0 Å². The highest BCUT2D eigenvalue weighted by Gasteiger charge is 2.22. The highest BCUT2D eigenvalue weighted by molar-refractivity contribution is 4.77. The molecule has 1 aliphatic rings. The predicted octanol–water partition coefficient (Wildman–Crippen LogP) is 2.97. The number of hydrogen-bond acceptors (Lipinski definition) is 2. The van der Waals surface area contributed by atoms with E-state index in [4.69, 9.17) is 4.74 Å². The van der Waals surface area contributed by atoms with Gasteiger partial charge in [-0.15, -0.1) is 0 Å². The molecule has 90 valence electrons. The zero-order valence-corrected chi connectivity index (χ0v) is 10.8. The molecule has 0 aromatic heterocycles. The van der Waals surface area contributed by atoms with Crippen LogP contribution < -0.4 is 5.32 Å². The normalized spacial score (nSPS) is 24.8. The molecular weight excluding hydrogens is 186 g/mol. The number of ether oxygens (including phenoxy) is 1. The summed E-state index contributed by atoms with van der Waals surface area (Å²) in [7, 11) is 0. The van der Waals surface area contributed by atoms with Crippen LogP contribution in [-0.2, 0) is 4.74 Å². The Morgan fingerprint density at radius 3 is 2.40 bits per heavy atom. The molecule has 0 amide bonds. The summed E-state index contributed by atoms with van der Waals surface area (Å²) in [5.74, 6) is 0.621. The first-order chi connectivity index (χ1) is 7.09. The first-order valence-electron chi connectivity index (χ1n) is 6.48. The molecule has 0 saturated carbocycles. The Balaban J connectivity index is 2.35. The Labute approximate surface area is 94.8 Å². The molecule has 1 aliphatic heterocycles. The molecular formula is C13H27NO. The Morgan fingerprint density at radius 1 is 1.20 bits per heavy atom. The molecule has 0 radical (unpaired) electrons. The molecule has 2 heteroatoms. The van der Waals surface area contributed by atoms with Gasteiger partial charge in [-0.3, -0.25) is 0 Å². The van der Waals surface area contributed by atoms with Crippen molar-refractivity contribution in [2.75, 3.05) is 6.54 Å². The van der Waals surface area contributed by atoms with Gasteiger partial charge in [-0.05, 0) is 45.6 Å². The van der Waals surface area contributed by atoms with E-state index >= 15 is 0 Å². The fraction of sp³-hybridized carbons (Fsp3) is 1.00. The summed E-state index contributed by atoms with van der Waals surface area (Å²) in [6.45, 7) is 9.97. The number of piperidine rings is 1. The smallest absolute Gasteiger partial charge is 0.0616 e. The van der Waals surface area contributed by atoms with Gasteiger partial charge in [0.1, 0.15) is 0 Å². The standard InChI is InChI=1S/C13H27NO/c1-10(2)13(15-11(3)4)9-12-7-5-6-8-14-12/h10-14H,5-9H2,1-4H3/t12-,13-/m1/s1. The van der Waals surface area contributed by atoms with Gasteiger partial charge in [0.05, 0.1) is 12.2 Å². The summed E-state index contributed by atoms with van der Waals surface area (Å²) >= 11 is 0. The summed E-state index contributed by atoms with van der Waals surface area (Å²) in [6, 6.07) is 0.685. The average Bonchev–Trinajstić information content (AvgIpc) is 2.17. The molecule has 0 spiro atoms. The van der Waals surface area contributed by atoms with E-state index in [1.54, 1.807) is 0 Å². The van der Waals surface area contributed by atoms with E-state index < -0.39 is 0 Å². The minimum Gasteiger partial charge on any atom is -0.375 e. The summed E-state index contributed by atoms with van der Waals surface area (Å²) in [5, 5.41) is 3.60. The van der Waals surface area contributed by atoms with Gasteiger partial charge in [-0.1, -0.05) is 20.3 Å². The topological polar surface area (TPSA) is 21.3 Å². The maximum atomic E-state index is 5.97. The van der Waals surface area contributed by atoms with E-state index in [2.05, 4.69) is 33.0 Å². The van der Waals surface area contributed by atoms with Crippen LogP contribution in [0.5, 0.6) is 0 Å². The van der Waals surface area contributed by atoms with E-state index in [9.17, 15) is 0 Å². The highest BCUT2D eigenvalue weighted by atomic mass is 16.5. The maximum Gasteiger partial charge on any atom is 0.0616 e. The van der Waals surface area contributed by atoms with Crippen molar-refractivity contribution in [3.8, 4) is 0 Å². The molecule has 2 nitrogen and oxygen atoms in total. The van der Waals surface area contributed by atoms with Gasteiger partial charge in [-0.25, -0.2) is 0 Å². The first kappa shape index (κ1) is 13.0. The lowest BCUT2D eigenvalue weighted by molar-refractivity contribution is -0.0288. The van der Waals surface area contributed by atoms with E-state index in [1.807, 2.05) is 0 Å². The van der Waals surface area contributed by atoms with Crippen molar-refractivity contribution in [3.63, 3.8) is 0 Å². The SMILES string of the molecule is CC(C)O[C@H](C[C@H]1CCCCN1)C(C)C. The largest absolute Gasteiger partial charge is 0.375 e. The minimum atomic E-state index is 0.348. The molecule has 1 N–H and O–H groups in total. The van der Waals surface area contributed by atoms with Crippen LogP contribution in [0.15, 0.2) is 0 Å². The zero-order chi connectivity index (χ0) is 11.3. The number of hydrogen-bond donors (Lipinski definition) is 1. The first-order valence-corrected chi connectivity index (χ1v) is 6.48. The van der Waals surface area contributed by atoms with Gasteiger partial charge in [0.25, 0.3) is 0 Å². The Hall–Kier alpha value is -0.0800. The van der Waals surface area contributed by atoms with Crippen LogP contribution >= 0.6 is 0 Å². The van der Waals surface area contributed by atoms with Crippen LogP contribution in [-0.4, -0.2) is 24.8 Å². The number of nitrogens with one attached hydrogen (secondary N) is 1. The second kappa shape index (κ2) is 6.49. The molecule has 1 fully saturated rings. The monoisotopic (exact) mass is 213 g/mol. The predicted molar refractivity (Wildman–Crippen MR) is 65.1 cm³/mol. The molecule has 1 rings (SSSR count). The Kier molecular flexibility index (Phi) is 5.62. The number of rotatable bonds is 5. The van der Waals surface area contributed by atoms with Gasteiger partial charge in [0, 0.05) is 6.04 Å². The van der Waals surface area contributed by atoms with Crippen molar-refractivity contribution in [1.82, 2.24) is 5.32 Å². The Bertz CT molecular complexity index is 162. The van der Waals surface area contributed by atoms with E-state index in [0.717, 1.165) is 0 Å². The van der Waals surface area contributed by atoms with Crippen molar-refractivity contribution in [3.05, 3.63) is 0 Å². The van der Waals surface area contributed by atoms with E-state index in [0.29, 0.717) is 24.2 Å². The lowest BCUT2D eigenvalue weighted by atomic mass is 9.94. The van der Waals surface area contributed by atoms with Crippen LogP contribution in [0.4, 0.5) is 0 Å². The minimum absolute atomic E-state index is 0.348. The van der Waals surface area contributed by atoms with Crippen molar-refractivity contribution in [2.45, 2.75) is 71.6 Å². The molecule has 1 saturated heterocycles. The van der Waals surface area contributed by atoms with Crippen LogP contribution in [0, 0.1) is 5.92 Å². The lowest BCUT2D eigenvalue weighted by Gasteiger charge is -2.30. The van der Waals surface area contributed by atoms with Crippen molar-refractivity contribution in [2.24, 2.45) is 5.92 Å². The third kappa shape index (κ3) is 4.98. The van der Waals surface area contributed by atoms with Crippen molar-refractivity contribution < 1.29 is 4.74 Å². The van der Waals surface area contributed by atoms with Gasteiger partial charge in [-0.2, -0.15) is 0 Å². The van der Waals surface area contributed by atoms with Crippen LogP contribution in [0.1, 0.15) is 53.4 Å². The summed E-state index contributed by atoms with van der Waals surface area (Å²) in [5.41, 5.74) is 0. The van der Waals surface area contributed by atoms with Crippen molar-refractivity contribution in [1.29, 1.82) is 0 Å². The molecule has 0 aromatic carbocycles. The highest BCUT2D eigenvalue weighted by Crippen LogP contribution is 2.19. The second-order valence-electron chi connectivity index (χ2n) is 5.35. The van der Waals surface area contributed by atoms with E-state index in [1.165, 1.54) is 32.2 Å². The van der Waals surface area contributed by atoms with Gasteiger partial charge >= 0.3 is 0 Å². The molecule has 2 atom stereocenters. The molecule has 0 aliphatic carbocycles. The summed E-state index contributed by atoms with van der Waals surface area (Å²) < 4.78 is 5.97. The van der Waals surface area contributed by atoms with Crippen LogP contribution in [0.2, 0.25) is 0 Å². The molecule has 1 heterocycles. The second-order valence-corrected chi connectivity index (χ2v) is 5.35. The zero-order valence-electron chi connectivity index (χ0n) is 10.8. The van der Waals surface area contributed by atoms with E-state index in [-0.39, 0.29) is 0 Å². The molecule has 15 heavy (non-hydrogen) atoms. The molecule has 0 bridgehead atoms. The third-order valence-electron chi connectivity index (χ3n) is 3.12. The van der Waals surface area contributed by atoms with Gasteiger partial charge < -0.3 is 10.1 Å². The molecule has 0 aromatic rings. The molecule has 0 unspecified atom stereocenters. The van der Waals surface area contributed by atoms with Gasteiger partial charge in [0.2, 0.25) is 0 Å². The maximum absolute atomic E-state index is 5.97. The van der Waals surface area contributed by atoms with Crippen LogP contribution in [0.3, 0.4) is 0 Å². The fourth-order valence-electron chi connectivity index (χ4n) is 2.24. The average molecular weight is 213 g/mol. The summed E-state index contributed by atoms with van der Waals surface area (Å²) in [4.78, 5) is 0. The quantitative estimate of drug-likeness (QED) is 0.758. The third-order valence-corrected chi connectivity index (χ3v) is 3.12. The van der Waals surface area contributed by atoms with Crippen LogP contribution in [0.25, 0.3) is 0 Å².